The van der Waals surface area contributed by atoms with E-state index in [1.54, 1.807) is 0 Å². The van der Waals surface area contributed by atoms with Crippen LogP contribution in [0.15, 0.2) is 12.1 Å². The van der Waals surface area contributed by atoms with Crippen molar-refractivity contribution in [2.45, 2.75) is 13.5 Å². The Labute approximate surface area is 105 Å². The van der Waals surface area contributed by atoms with E-state index in [-0.39, 0.29) is 17.5 Å². The van der Waals surface area contributed by atoms with Crippen LogP contribution in [0.3, 0.4) is 0 Å². The Balaban J connectivity index is 3.01. The summed E-state index contributed by atoms with van der Waals surface area (Å²) in [5.74, 6) is -3.15. The number of alkyl halides is 1. The van der Waals surface area contributed by atoms with Crippen molar-refractivity contribution in [2.24, 2.45) is 0 Å². The zero-order chi connectivity index (χ0) is 13.0. The first kappa shape index (κ1) is 13.8. The van der Waals surface area contributed by atoms with E-state index in [1.165, 1.54) is 6.92 Å². The van der Waals surface area contributed by atoms with E-state index >= 15 is 0 Å². The smallest absolute Gasteiger partial charge is 0.302 e. The number of carbonyl (C=O) groups is 2. The molecule has 0 radical (unpaired) electrons. The third-order valence-corrected chi connectivity index (χ3v) is 2.45. The first-order chi connectivity index (χ1) is 7.95. The molecule has 0 N–H and O–H groups in total. The molecule has 0 heterocycles. The second-order valence-corrected chi connectivity index (χ2v) is 3.83. The Kier molecular flexibility index (Phi) is 4.74. The number of ketones is 1. The van der Waals surface area contributed by atoms with Crippen LogP contribution in [0.1, 0.15) is 22.8 Å². The molecule has 17 heavy (non-hydrogen) atoms. The SMILES string of the molecule is CC(=O)OCc1cc(F)c(C(=O)CBr)c(F)c1. The number of Topliss-reactive ketones (excluding diaryl/α,β-unsaturated/α-hetero) is 1. The van der Waals surface area contributed by atoms with Gasteiger partial charge in [0.15, 0.2) is 5.78 Å². The Hall–Kier alpha value is -1.30. The molecule has 0 saturated heterocycles. The second-order valence-electron chi connectivity index (χ2n) is 3.27. The molecule has 0 unspecified atom stereocenters. The maximum atomic E-state index is 13.5. The molecule has 0 amide bonds. The van der Waals surface area contributed by atoms with E-state index in [9.17, 15) is 18.4 Å². The summed E-state index contributed by atoms with van der Waals surface area (Å²) in [5, 5.41) is -0.163. The number of carbonyl (C=O) groups excluding carboxylic acids is 2. The van der Waals surface area contributed by atoms with Crippen LogP contribution in [0.4, 0.5) is 8.78 Å². The molecule has 1 aromatic carbocycles. The van der Waals surface area contributed by atoms with Gasteiger partial charge in [-0.05, 0) is 17.7 Å². The minimum Gasteiger partial charge on any atom is -0.461 e. The van der Waals surface area contributed by atoms with Crippen LogP contribution < -0.4 is 0 Å². The first-order valence-electron chi connectivity index (χ1n) is 4.66. The molecule has 3 nitrogen and oxygen atoms in total. The number of esters is 1. The Morgan fingerprint density at radius 1 is 1.29 bits per heavy atom. The van der Waals surface area contributed by atoms with Crippen molar-refractivity contribution in [1.29, 1.82) is 0 Å². The Morgan fingerprint density at radius 3 is 2.24 bits per heavy atom. The van der Waals surface area contributed by atoms with E-state index < -0.39 is 29.0 Å². The van der Waals surface area contributed by atoms with Crippen molar-refractivity contribution < 1.29 is 23.1 Å². The quantitative estimate of drug-likeness (QED) is 0.488. The topological polar surface area (TPSA) is 43.4 Å². The molecule has 0 atom stereocenters. The largest absolute Gasteiger partial charge is 0.461 e. The van der Waals surface area contributed by atoms with Crippen molar-refractivity contribution in [3.05, 3.63) is 34.9 Å². The van der Waals surface area contributed by atoms with E-state index in [4.69, 9.17) is 0 Å². The highest BCUT2D eigenvalue weighted by molar-refractivity contribution is 9.09. The van der Waals surface area contributed by atoms with Crippen LogP contribution in [-0.4, -0.2) is 17.1 Å². The summed E-state index contributed by atoms with van der Waals surface area (Å²) in [5.41, 5.74) is -0.435. The molecular weight excluding hydrogens is 298 g/mol. The standard InChI is InChI=1S/C11H9BrF2O3/c1-6(15)17-5-7-2-8(13)11(9(14)3-7)10(16)4-12/h2-3H,4-5H2,1H3. The lowest BCUT2D eigenvalue weighted by molar-refractivity contribution is -0.142. The van der Waals surface area contributed by atoms with E-state index in [0.717, 1.165) is 12.1 Å². The molecule has 6 heteroatoms. The predicted octanol–water partition coefficient (Wildman–Crippen LogP) is 2.61. The van der Waals surface area contributed by atoms with Crippen LogP contribution in [-0.2, 0) is 16.1 Å². The fourth-order valence-electron chi connectivity index (χ4n) is 1.23. The van der Waals surface area contributed by atoms with Crippen molar-refractivity contribution in [1.82, 2.24) is 0 Å². The summed E-state index contributed by atoms with van der Waals surface area (Å²) in [6.07, 6.45) is 0. The maximum Gasteiger partial charge on any atom is 0.302 e. The summed E-state index contributed by atoms with van der Waals surface area (Å²) in [6, 6.07) is 1.95. The lowest BCUT2D eigenvalue weighted by Gasteiger charge is -2.06. The van der Waals surface area contributed by atoms with E-state index in [0.29, 0.717) is 0 Å². The number of hydrogen-bond donors (Lipinski definition) is 0. The van der Waals surface area contributed by atoms with Gasteiger partial charge in [-0.2, -0.15) is 0 Å². The van der Waals surface area contributed by atoms with E-state index in [1.807, 2.05) is 0 Å². The molecule has 92 valence electrons. The summed E-state index contributed by atoms with van der Waals surface area (Å²) in [6.45, 7) is 0.960. The molecule has 0 aliphatic rings. The van der Waals surface area contributed by atoms with Gasteiger partial charge in [0.2, 0.25) is 0 Å². The summed E-state index contributed by atoms with van der Waals surface area (Å²) < 4.78 is 31.5. The molecule has 0 saturated carbocycles. The highest BCUT2D eigenvalue weighted by atomic mass is 79.9. The number of halogens is 3. The van der Waals surface area contributed by atoms with Gasteiger partial charge in [0.1, 0.15) is 18.2 Å². The minimum absolute atomic E-state index is 0.154. The van der Waals surface area contributed by atoms with Gasteiger partial charge in [0.25, 0.3) is 0 Å². The van der Waals surface area contributed by atoms with Crippen molar-refractivity contribution in [3.8, 4) is 0 Å². The summed E-state index contributed by atoms with van der Waals surface area (Å²) in [7, 11) is 0. The summed E-state index contributed by atoms with van der Waals surface area (Å²) >= 11 is 2.84. The van der Waals surface area contributed by atoms with Gasteiger partial charge in [-0.25, -0.2) is 8.78 Å². The van der Waals surface area contributed by atoms with Crippen molar-refractivity contribution in [3.63, 3.8) is 0 Å². The predicted molar refractivity (Wildman–Crippen MR) is 60.0 cm³/mol. The molecule has 1 aromatic rings. The Bertz CT molecular complexity index is 437. The second kappa shape index (κ2) is 5.86. The number of hydrogen-bond acceptors (Lipinski definition) is 3. The molecule has 0 aromatic heterocycles. The molecule has 0 aliphatic carbocycles. The normalized spacial score (nSPS) is 10.1. The van der Waals surface area contributed by atoms with Crippen LogP contribution in [0.5, 0.6) is 0 Å². The fourth-order valence-corrected chi connectivity index (χ4v) is 1.51. The minimum atomic E-state index is -0.961. The van der Waals surface area contributed by atoms with Crippen molar-refractivity contribution >= 4 is 27.7 Å². The lowest BCUT2D eigenvalue weighted by Crippen LogP contribution is -2.09. The zero-order valence-electron chi connectivity index (χ0n) is 8.93. The van der Waals surface area contributed by atoms with Crippen LogP contribution in [0.25, 0.3) is 0 Å². The molecule has 0 bridgehead atoms. The monoisotopic (exact) mass is 306 g/mol. The van der Waals surface area contributed by atoms with Gasteiger partial charge < -0.3 is 4.74 Å². The third-order valence-electron chi connectivity index (χ3n) is 1.94. The maximum absolute atomic E-state index is 13.5. The van der Waals surface area contributed by atoms with Gasteiger partial charge in [-0.15, -0.1) is 0 Å². The number of ether oxygens (including phenoxy) is 1. The van der Waals surface area contributed by atoms with Crippen LogP contribution in [0, 0.1) is 11.6 Å². The highest BCUT2D eigenvalue weighted by Gasteiger charge is 2.17. The van der Waals surface area contributed by atoms with Gasteiger partial charge in [0, 0.05) is 6.92 Å². The highest BCUT2D eigenvalue weighted by Crippen LogP contribution is 2.17. The molecule has 0 spiro atoms. The van der Waals surface area contributed by atoms with Gasteiger partial charge >= 0.3 is 5.97 Å². The number of rotatable bonds is 4. The average Bonchev–Trinajstić information content (AvgIpc) is 2.25. The molecule has 0 fully saturated rings. The first-order valence-corrected chi connectivity index (χ1v) is 5.78. The van der Waals surface area contributed by atoms with Gasteiger partial charge in [-0.1, -0.05) is 15.9 Å². The average molecular weight is 307 g/mol. The lowest BCUT2D eigenvalue weighted by atomic mass is 10.1. The van der Waals surface area contributed by atoms with Gasteiger partial charge in [0.05, 0.1) is 10.9 Å². The molecule has 1 rings (SSSR count). The van der Waals surface area contributed by atoms with Crippen LogP contribution in [0.2, 0.25) is 0 Å². The molecular formula is C11H9BrF2O3. The third kappa shape index (κ3) is 3.59. The fraction of sp³-hybridized carbons (Fsp3) is 0.273. The Morgan fingerprint density at radius 2 is 1.82 bits per heavy atom. The van der Waals surface area contributed by atoms with E-state index in [2.05, 4.69) is 20.7 Å². The summed E-state index contributed by atoms with van der Waals surface area (Å²) in [4.78, 5) is 21.8. The molecule has 0 aliphatic heterocycles. The van der Waals surface area contributed by atoms with Crippen LogP contribution >= 0.6 is 15.9 Å². The zero-order valence-corrected chi connectivity index (χ0v) is 10.5. The number of benzene rings is 1. The van der Waals surface area contributed by atoms with Gasteiger partial charge in [-0.3, -0.25) is 9.59 Å². The van der Waals surface area contributed by atoms with Crippen molar-refractivity contribution in [2.75, 3.05) is 5.33 Å².